The largest absolute Gasteiger partial charge is 0.480 e. The first kappa shape index (κ1) is 22.0. The van der Waals surface area contributed by atoms with E-state index >= 15 is 0 Å². The summed E-state index contributed by atoms with van der Waals surface area (Å²) < 4.78 is 5.07. The van der Waals surface area contributed by atoms with Crippen molar-refractivity contribution in [3.63, 3.8) is 0 Å². The summed E-state index contributed by atoms with van der Waals surface area (Å²) in [7, 11) is 0. The molecule has 1 fully saturated rings. The van der Waals surface area contributed by atoms with Gasteiger partial charge in [-0.05, 0) is 39.2 Å². The molecule has 0 aliphatic carbocycles. The number of piperidine rings is 1. The molecule has 1 aromatic rings. The molecule has 164 valence electrons. The Bertz CT molecular complexity index is 803. The number of aryl methyl sites for hydroxylation is 1. The Morgan fingerprint density at radius 3 is 2.93 bits per heavy atom. The van der Waals surface area contributed by atoms with E-state index in [9.17, 15) is 19.5 Å². The normalized spacial score (nSPS) is 20.4. The van der Waals surface area contributed by atoms with E-state index in [1.807, 2.05) is 0 Å². The number of rotatable bonds is 8. The SMILES string of the molecule is Cc1cc(C[C@H](NC(=O)[C@@H]2CCCN(C(=O)CCC3=CCNCC3)C2)C(=O)O)on1. The molecule has 0 spiro atoms. The van der Waals surface area contributed by atoms with Gasteiger partial charge >= 0.3 is 5.97 Å². The van der Waals surface area contributed by atoms with Gasteiger partial charge in [-0.25, -0.2) is 4.79 Å². The Morgan fingerprint density at radius 2 is 2.27 bits per heavy atom. The van der Waals surface area contributed by atoms with Crippen molar-refractivity contribution in [2.24, 2.45) is 5.92 Å². The zero-order chi connectivity index (χ0) is 21.5. The topological polar surface area (TPSA) is 125 Å². The molecule has 3 rings (SSSR count). The summed E-state index contributed by atoms with van der Waals surface area (Å²) in [6, 6.07) is 0.559. The van der Waals surface area contributed by atoms with Gasteiger partial charge < -0.3 is 25.2 Å². The Balaban J connectivity index is 1.51. The number of aromatic nitrogens is 1. The van der Waals surface area contributed by atoms with Crippen molar-refractivity contribution in [2.75, 3.05) is 26.2 Å². The molecule has 30 heavy (non-hydrogen) atoms. The van der Waals surface area contributed by atoms with Gasteiger partial charge in [-0.3, -0.25) is 9.59 Å². The lowest BCUT2D eigenvalue weighted by Crippen LogP contribution is -2.50. The molecule has 0 saturated carbocycles. The molecule has 0 aromatic carbocycles. The van der Waals surface area contributed by atoms with Gasteiger partial charge in [0.1, 0.15) is 11.8 Å². The minimum Gasteiger partial charge on any atom is -0.480 e. The van der Waals surface area contributed by atoms with Crippen LogP contribution in [0.3, 0.4) is 0 Å². The number of likely N-dealkylation sites (tertiary alicyclic amines) is 1. The Labute approximate surface area is 175 Å². The number of amides is 2. The number of nitrogens with zero attached hydrogens (tertiary/aromatic N) is 2. The van der Waals surface area contributed by atoms with Crippen molar-refractivity contribution in [3.8, 4) is 0 Å². The fourth-order valence-corrected chi connectivity index (χ4v) is 3.94. The Kier molecular flexibility index (Phi) is 7.62. The van der Waals surface area contributed by atoms with E-state index in [0.717, 1.165) is 32.4 Å². The lowest BCUT2D eigenvalue weighted by Gasteiger charge is -2.32. The predicted octanol–water partition coefficient (Wildman–Crippen LogP) is 1.03. The smallest absolute Gasteiger partial charge is 0.326 e. The molecule has 2 atom stereocenters. The van der Waals surface area contributed by atoms with Crippen LogP contribution in [-0.4, -0.2) is 65.2 Å². The molecule has 9 heteroatoms. The van der Waals surface area contributed by atoms with Crippen LogP contribution < -0.4 is 10.6 Å². The third-order valence-corrected chi connectivity index (χ3v) is 5.66. The Morgan fingerprint density at radius 1 is 1.43 bits per heavy atom. The Hall–Kier alpha value is -2.68. The van der Waals surface area contributed by atoms with Crippen LogP contribution in [0, 0.1) is 12.8 Å². The minimum absolute atomic E-state index is 0.0290. The average molecular weight is 418 g/mol. The first-order valence-corrected chi connectivity index (χ1v) is 10.5. The van der Waals surface area contributed by atoms with Gasteiger partial charge in [0.2, 0.25) is 11.8 Å². The van der Waals surface area contributed by atoms with Crippen LogP contribution in [0.1, 0.15) is 43.6 Å². The number of carboxylic acid groups (broad SMARTS) is 1. The summed E-state index contributed by atoms with van der Waals surface area (Å²) in [5, 5.41) is 19.1. The number of carbonyl (C=O) groups excluding carboxylic acids is 2. The van der Waals surface area contributed by atoms with Crippen molar-refractivity contribution in [1.29, 1.82) is 0 Å². The second kappa shape index (κ2) is 10.4. The summed E-state index contributed by atoms with van der Waals surface area (Å²) in [6.07, 6.45) is 5.72. The molecule has 2 aliphatic heterocycles. The minimum atomic E-state index is -1.13. The zero-order valence-electron chi connectivity index (χ0n) is 17.4. The molecule has 0 unspecified atom stereocenters. The number of hydrogen-bond acceptors (Lipinski definition) is 6. The molecular formula is C21H30N4O5. The summed E-state index contributed by atoms with van der Waals surface area (Å²) >= 11 is 0. The van der Waals surface area contributed by atoms with Crippen molar-refractivity contribution in [3.05, 3.63) is 29.2 Å². The lowest BCUT2D eigenvalue weighted by molar-refractivity contribution is -0.143. The summed E-state index contributed by atoms with van der Waals surface area (Å²) in [6.45, 7) is 4.52. The molecule has 9 nitrogen and oxygen atoms in total. The number of carbonyl (C=O) groups is 3. The van der Waals surface area contributed by atoms with E-state index in [4.69, 9.17) is 4.52 Å². The molecule has 0 radical (unpaired) electrons. The van der Waals surface area contributed by atoms with E-state index < -0.39 is 17.9 Å². The van der Waals surface area contributed by atoms with Gasteiger partial charge in [0.05, 0.1) is 11.6 Å². The number of nitrogens with one attached hydrogen (secondary N) is 2. The van der Waals surface area contributed by atoms with Crippen LogP contribution in [0.15, 0.2) is 22.2 Å². The molecule has 3 heterocycles. The molecule has 1 aromatic heterocycles. The zero-order valence-corrected chi connectivity index (χ0v) is 17.4. The third kappa shape index (κ3) is 6.16. The van der Waals surface area contributed by atoms with E-state index in [2.05, 4.69) is 21.9 Å². The molecular weight excluding hydrogens is 388 g/mol. The fourth-order valence-electron chi connectivity index (χ4n) is 3.94. The molecule has 0 bridgehead atoms. The van der Waals surface area contributed by atoms with Gasteiger partial charge in [-0.15, -0.1) is 0 Å². The highest BCUT2D eigenvalue weighted by Crippen LogP contribution is 2.20. The van der Waals surface area contributed by atoms with Crippen LogP contribution in [-0.2, 0) is 20.8 Å². The number of carboxylic acids is 1. The van der Waals surface area contributed by atoms with Crippen LogP contribution in [0.25, 0.3) is 0 Å². The van der Waals surface area contributed by atoms with Crippen molar-refractivity contribution in [2.45, 2.75) is 51.5 Å². The predicted molar refractivity (Wildman–Crippen MR) is 109 cm³/mol. The average Bonchev–Trinajstić information content (AvgIpc) is 3.17. The highest BCUT2D eigenvalue weighted by atomic mass is 16.5. The van der Waals surface area contributed by atoms with Gasteiger partial charge in [-0.1, -0.05) is 16.8 Å². The van der Waals surface area contributed by atoms with Crippen molar-refractivity contribution < 1.29 is 24.0 Å². The lowest BCUT2D eigenvalue weighted by atomic mass is 9.95. The van der Waals surface area contributed by atoms with Gasteiger partial charge in [0, 0.05) is 38.5 Å². The fraction of sp³-hybridized carbons (Fsp3) is 0.619. The number of aliphatic carboxylic acids is 1. The number of hydrogen-bond donors (Lipinski definition) is 3. The van der Waals surface area contributed by atoms with Gasteiger partial charge in [0.25, 0.3) is 0 Å². The van der Waals surface area contributed by atoms with Crippen molar-refractivity contribution in [1.82, 2.24) is 20.7 Å². The van der Waals surface area contributed by atoms with E-state index in [0.29, 0.717) is 37.4 Å². The quantitative estimate of drug-likeness (QED) is 0.539. The second-order valence-electron chi connectivity index (χ2n) is 8.03. The second-order valence-corrected chi connectivity index (χ2v) is 8.03. The summed E-state index contributed by atoms with van der Waals surface area (Å²) in [5.74, 6) is -1.40. The van der Waals surface area contributed by atoms with Gasteiger partial charge in [0.15, 0.2) is 0 Å². The van der Waals surface area contributed by atoms with E-state index in [1.165, 1.54) is 5.57 Å². The molecule has 2 aliphatic rings. The summed E-state index contributed by atoms with van der Waals surface area (Å²) in [5.41, 5.74) is 1.96. The van der Waals surface area contributed by atoms with Gasteiger partial charge in [-0.2, -0.15) is 0 Å². The monoisotopic (exact) mass is 418 g/mol. The standard InChI is InChI=1S/C21H30N4O5/c1-14-11-17(30-24-14)12-18(21(28)29)23-20(27)16-3-2-10-25(13-16)19(26)5-4-15-6-8-22-9-7-15/h6,11,16,18,22H,2-5,7-10,12-13H2,1H3,(H,23,27)(H,28,29)/t16-,18+/m1/s1. The molecule has 3 N–H and O–H groups in total. The maximum Gasteiger partial charge on any atom is 0.326 e. The van der Waals surface area contributed by atoms with E-state index in [1.54, 1.807) is 17.9 Å². The molecule has 2 amide bonds. The van der Waals surface area contributed by atoms with Crippen LogP contribution >= 0.6 is 0 Å². The van der Waals surface area contributed by atoms with Crippen LogP contribution in [0.2, 0.25) is 0 Å². The highest BCUT2D eigenvalue weighted by Gasteiger charge is 2.31. The first-order chi connectivity index (χ1) is 14.4. The van der Waals surface area contributed by atoms with Crippen LogP contribution in [0.5, 0.6) is 0 Å². The molecule has 1 saturated heterocycles. The van der Waals surface area contributed by atoms with Crippen LogP contribution in [0.4, 0.5) is 0 Å². The van der Waals surface area contributed by atoms with Crippen molar-refractivity contribution >= 4 is 17.8 Å². The summed E-state index contributed by atoms with van der Waals surface area (Å²) in [4.78, 5) is 38.7. The third-order valence-electron chi connectivity index (χ3n) is 5.66. The van der Waals surface area contributed by atoms with E-state index in [-0.39, 0.29) is 18.2 Å². The first-order valence-electron chi connectivity index (χ1n) is 10.5. The highest BCUT2D eigenvalue weighted by molar-refractivity contribution is 5.86. The maximum absolute atomic E-state index is 12.7. The maximum atomic E-state index is 12.7.